The Kier molecular flexibility index (Phi) is 6.74. The van der Waals surface area contributed by atoms with Crippen LogP contribution in [0.5, 0.6) is 0 Å². The second-order valence-corrected chi connectivity index (χ2v) is 9.02. The summed E-state index contributed by atoms with van der Waals surface area (Å²) in [6.07, 6.45) is 2.80. The van der Waals surface area contributed by atoms with Gasteiger partial charge in [0.15, 0.2) is 10.9 Å². The highest BCUT2D eigenvalue weighted by Crippen LogP contribution is 2.30. The van der Waals surface area contributed by atoms with E-state index in [1.165, 1.54) is 19.4 Å². The quantitative estimate of drug-likeness (QED) is 0.413. The molecule has 1 atom stereocenters. The molecule has 1 heterocycles. The number of nitrogens with zero attached hydrogens (tertiary/aromatic N) is 2. The molecule has 2 rings (SSSR count). The standard InChI is InChI=1S/C18H18ClFN2O2S2/c1-18(2,3)26(23)22-10-13-11(7-8-14(19)15(13)20)16-12(17(25)24-4)6-5-9-21-16/h5-10H,1-4H3/b22-10+. The molecule has 8 heteroatoms. The molecule has 0 radical (unpaired) electrons. The van der Waals surface area contributed by atoms with E-state index in [4.69, 9.17) is 28.6 Å². The third-order valence-corrected chi connectivity index (χ3v) is 5.43. The number of aromatic nitrogens is 1. The summed E-state index contributed by atoms with van der Waals surface area (Å²) in [5, 5.41) is 0.160. The molecule has 0 aliphatic heterocycles. The first kappa shape index (κ1) is 20.8. The first-order chi connectivity index (χ1) is 12.2. The molecule has 0 aliphatic carbocycles. The van der Waals surface area contributed by atoms with Crippen LogP contribution in [0.3, 0.4) is 0 Å². The monoisotopic (exact) mass is 412 g/mol. The summed E-state index contributed by atoms with van der Waals surface area (Å²) in [6.45, 7) is 5.34. The van der Waals surface area contributed by atoms with Gasteiger partial charge in [0.25, 0.3) is 0 Å². The number of rotatable bonds is 4. The number of ether oxygens (including phenoxy) is 1. The molecule has 0 bridgehead atoms. The van der Waals surface area contributed by atoms with Gasteiger partial charge in [-0.25, -0.2) is 4.39 Å². The number of pyridine rings is 1. The lowest BCUT2D eigenvalue weighted by Gasteiger charge is -2.18. The molecule has 1 aromatic carbocycles. The van der Waals surface area contributed by atoms with E-state index in [1.54, 1.807) is 45.2 Å². The molecule has 2 aromatic rings. The minimum absolute atomic E-state index is 0.0662. The SMILES string of the molecule is COC(=S)c1cccnc1-c1ccc(Cl)c(F)c1/C=N/[S+]([O-])C(C)(C)C. The molecule has 1 unspecified atom stereocenters. The van der Waals surface area contributed by atoms with Crippen molar-refractivity contribution in [1.29, 1.82) is 0 Å². The molecule has 0 saturated carbocycles. The van der Waals surface area contributed by atoms with E-state index < -0.39 is 21.9 Å². The molecular formula is C18H18ClFN2O2S2. The zero-order valence-corrected chi connectivity index (χ0v) is 17.1. The summed E-state index contributed by atoms with van der Waals surface area (Å²) < 4.78 is 35.5. The van der Waals surface area contributed by atoms with E-state index in [0.29, 0.717) is 16.8 Å². The van der Waals surface area contributed by atoms with Crippen LogP contribution in [-0.4, -0.2) is 32.7 Å². The van der Waals surface area contributed by atoms with Gasteiger partial charge in [-0.3, -0.25) is 4.98 Å². The third-order valence-electron chi connectivity index (χ3n) is 3.40. The molecule has 0 saturated heterocycles. The normalized spacial score (nSPS) is 13.0. The molecule has 26 heavy (non-hydrogen) atoms. The smallest absolute Gasteiger partial charge is 0.193 e. The zero-order valence-electron chi connectivity index (χ0n) is 14.7. The first-order valence-electron chi connectivity index (χ1n) is 7.64. The van der Waals surface area contributed by atoms with Gasteiger partial charge in [-0.1, -0.05) is 22.1 Å². The summed E-state index contributed by atoms with van der Waals surface area (Å²) in [4.78, 5) is 4.31. The van der Waals surface area contributed by atoms with Crippen LogP contribution in [0.2, 0.25) is 5.02 Å². The van der Waals surface area contributed by atoms with Crippen molar-refractivity contribution in [3.63, 3.8) is 0 Å². The van der Waals surface area contributed by atoms with Gasteiger partial charge in [-0.15, -0.1) is 0 Å². The van der Waals surface area contributed by atoms with Crippen LogP contribution < -0.4 is 0 Å². The average molecular weight is 413 g/mol. The molecule has 0 aliphatic rings. The predicted molar refractivity (Wildman–Crippen MR) is 109 cm³/mol. The van der Waals surface area contributed by atoms with Crippen LogP contribution in [0.1, 0.15) is 31.9 Å². The Morgan fingerprint density at radius 2 is 2.08 bits per heavy atom. The van der Waals surface area contributed by atoms with E-state index >= 15 is 0 Å². The van der Waals surface area contributed by atoms with E-state index in [9.17, 15) is 8.94 Å². The molecule has 4 nitrogen and oxygen atoms in total. The van der Waals surface area contributed by atoms with E-state index in [0.717, 1.165) is 0 Å². The van der Waals surface area contributed by atoms with Crippen LogP contribution in [0.4, 0.5) is 4.39 Å². The van der Waals surface area contributed by atoms with E-state index in [2.05, 4.69) is 9.38 Å². The fraction of sp³-hybridized carbons (Fsp3) is 0.278. The number of methoxy groups -OCH3 is 1. The molecule has 0 N–H and O–H groups in total. The van der Waals surface area contributed by atoms with Crippen molar-refractivity contribution >= 4 is 46.4 Å². The van der Waals surface area contributed by atoms with Gasteiger partial charge in [0.1, 0.15) is 16.1 Å². The van der Waals surface area contributed by atoms with Gasteiger partial charge >= 0.3 is 0 Å². The van der Waals surface area contributed by atoms with Gasteiger partial charge in [0.2, 0.25) is 0 Å². The summed E-state index contributed by atoms with van der Waals surface area (Å²) in [5.74, 6) is -0.668. The molecule has 0 fully saturated rings. The largest absolute Gasteiger partial charge is 0.591 e. The second kappa shape index (κ2) is 8.43. The Morgan fingerprint density at radius 1 is 1.38 bits per heavy atom. The maximum atomic E-state index is 14.7. The van der Waals surface area contributed by atoms with Gasteiger partial charge in [-0.05, 0) is 51.2 Å². The Morgan fingerprint density at radius 3 is 2.69 bits per heavy atom. The predicted octanol–water partition coefficient (Wildman–Crippen LogP) is 4.74. The summed E-state index contributed by atoms with van der Waals surface area (Å²) in [7, 11) is 1.45. The van der Waals surface area contributed by atoms with E-state index in [-0.39, 0.29) is 15.6 Å². The first-order valence-corrected chi connectivity index (χ1v) is 9.54. The van der Waals surface area contributed by atoms with Crippen LogP contribution >= 0.6 is 23.8 Å². The maximum absolute atomic E-state index is 14.7. The maximum Gasteiger partial charge on any atom is 0.193 e. The molecular weight excluding hydrogens is 395 g/mol. The summed E-state index contributed by atoms with van der Waals surface area (Å²) in [6, 6.07) is 6.49. The van der Waals surface area contributed by atoms with Crippen LogP contribution in [0, 0.1) is 5.82 Å². The highest BCUT2D eigenvalue weighted by atomic mass is 35.5. The molecule has 0 amide bonds. The van der Waals surface area contributed by atoms with Gasteiger partial charge < -0.3 is 9.29 Å². The highest BCUT2D eigenvalue weighted by Gasteiger charge is 2.26. The minimum atomic E-state index is -1.54. The lowest BCUT2D eigenvalue weighted by atomic mass is 10.0. The molecule has 0 spiro atoms. The highest BCUT2D eigenvalue weighted by molar-refractivity contribution is 7.91. The summed E-state index contributed by atoms with van der Waals surface area (Å²) in [5.41, 5.74) is 1.49. The van der Waals surface area contributed by atoms with Crippen molar-refractivity contribution < 1.29 is 13.7 Å². The van der Waals surface area contributed by atoms with Gasteiger partial charge in [0.05, 0.1) is 29.6 Å². The Hall–Kier alpha value is -1.54. The van der Waals surface area contributed by atoms with Crippen LogP contribution in [-0.2, 0) is 16.1 Å². The van der Waals surface area contributed by atoms with Gasteiger partial charge in [0, 0.05) is 17.3 Å². The Labute approximate surface area is 165 Å². The third kappa shape index (κ3) is 4.59. The average Bonchev–Trinajstić information content (AvgIpc) is 2.61. The van der Waals surface area contributed by atoms with Crippen LogP contribution in [0.25, 0.3) is 11.3 Å². The Bertz CT molecular complexity index is 854. The van der Waals surface area contributed by atoms with Crippen molar-refractivity contribution in [1.82, 2.24) is 4.98 Å². The van der Waals surface area contributed by atoms with Gasteiger partial charge in [-0.2, -0.15) is 0 Å². The van der Waals surface area contributed by atoms with E-state index in [1.807, 2.05) is 0 Å². The van der Waals surface area contributed by atoms with Crippen molar-refractivity contribution in [2.45, 2.75) is 25.5 Å². The van der Waals surface area contributed by atoms with Crippen molar-refractivity contribution in [2.75, 3.05) is 7.11 Å². The molecule has 1 aromatic heterocycles. The topological polar surface area (TPSA) is 57.5 Å². The second-order valence-electron chi connectivity index (χ2n) is 6.31. The summed E-state index contributed by atoms with van der Waals surface area (Å²) >= 11 is 9.58. The number of hydrogen-bond acceptors (Lipinski definition) is 5. The lowest BCUT2D eigenvalue weighted by molar-refractivity contribution is 0.416. The molecule has 138 valence electrons. The number of hydrogen-bond donors (Lipinski definition) is 0. The minimum Gasteiger partial charge on any atom is -0.591 e. The fourth-order valence-corrected chi connectivity index (χ4v) is 2.90. The van der Waals surface area contributed by atoms with Crippen LogP contribution in [0.15, 0.2) is 34.9 Å². The fourth-order valence-electron chi connectivity index (χ4n) is 2.05. The van der Waals surface area contributed by atoms with Crippen molar-refractivity contribution in [3.05, 3.63) is 52.4 Å². The zero-order chi connectivity index (χ0) is 19.5. The number of thiocarbonyl (C=S) groups is 1. The number of halogens is 2. The van der Waals surface area contributed by atoms with Crippen molar-refractivity contribution in [2.24, 2.45) is 4.40 Å². The Balaban J connectivity index is 2.64. The van der Waals surface area contributed by atoms with Crippen molar-refractivity contribution in [3.8, 4) is 11.3 Å². The lowest BCUT2D eigenvalue weighted by Crippen LogP contribution is -2.25. The number of benzene rings is 1.